The van der Waals surface area contributed by atoms with Gasteiger partial charge in [-0.05, 0) is 112 Å². The number of halogens is 1. The van der Waals surface area contributed by atoms with E-state index in [1.165, 1.54) is 42.5 Å². The number of aromatic amines is 1. The van der Waals surface area contributed by atoms with Crippen LogP contribution in [-0.4, -0.2) is 95.2 Å². The third-order valence-corrected chi connectivity index (χ3v) is 16.1. The van der Waals surface area contributed by atoms with Crippen molar-refractivity contribution >= 4 is 44.2 Å². The normalized spacial score (nSPS) is 22.9. The average Bonchev–Trinajstić information content (AvgIpc) is 3.94. The first-order chi connectivity index (χ1) is 32.5. The number of anilines is 2. The number of hydrogen-bond acceptors (Lipinski definition) is 13. The molecule has 2 aliphatic heterocycles. The van der Waals surface area contributed by atoms with Crippen LogP contribution < -0.4 is 24.4 Å². The number of aromatic nitrogens is 3. The molecular formula is C50H61FN8O8S. The van der Waals surface area contributed by atoms with Crippen molar-refractivity contribution in [2.45, 2.75) is 114 Å². The topological polar surface area (TPSA) is 205 Å². The van der Waals surface area contributed by atoms with Crippen LogP contribution in [0, 0.1) is 27.3 Å². The zero-order chi connectivity index (χ0) is 48.0. The Bertz CT molecular complexity index is 2790. The lowest BCUT2D eigenvalue weighted by Gasteiger charge is -2.57. The van der Waals surface area contributed by atoms with Gasteiger partial charge < -0.3 is 29.8 Å². The third-order valence-electron chi connectivity index (χ3n) is 14.8. The molecule has 68 heavy (non-hydrogen) atoms. The molecule has 9 rings (SSSR count). The fraction of sp³-hybridized carbons (Fsp3) is 0.500. The number of rotatable bonds is 15. The first kappa shape index (κ1) is 47.2. The number of ether oxygens (including phenoxy) is 2. The summed E-state index contributed by atoms with van der Waals surface area (Å²) >= 11 is 0. The molecule has 4 aliphatic rings. The summed E-state index contributed by atoms with van der Waals surface area (Å²) in [4.78, 5) is 41.2. The van der Waals surface area contributed by atoms with Gasteiger partial charge >= 0.3 is 5.69 Å². The molecule has 2 atom stereocenters. The Balaban J connectivity index is 0.935. The zero-order valence-corrected chi connectivity index (χ0v) is 39.9. The van der Waals surface area contributed by atoms with E-state index in [1.54, 1.807) is 26.0 Å². The van der Waals surface area contributed by atoms with Gasteiger partial charge in [-0.25, -0.2) is 22.5 Å². The lowest BCUT2D eigenvalue weighted by molar-refractivity contribution is -0.384. The molecular weight excluding hydrogens is 892 g/mol. The van der Waals surface area contributed by atoms with Gasteiger partial charge in [0.05, 0.1) is 34.3 Å². The molecule has 2 saturated heterocycles. The summed E-state index contributed by atoms with van der Waals surface area (Å²) in [5.41, 5.74) is 2.64. The molecule has 2 aromatic carbocycles. The number of likely N-dealkylation sites (tertiary alicyclic amines) is 1. The van der Waals surface area contributed by atoms with Crippen molar-refractivity contribution in [1.82, 2.24) is 24.6 Å². The Morgan fingerprint density at radius 2 is 1.79 bits per heavy atom. The van der Waals surface area contributed by atoms with E-state index in [1.807, 2.05) is 0 Å². The molecule has 4 fully saturated rings. The number of pyridine rings is 2. The van der Waals surface area contributed by atoms with Crippen LogP contribution in [0.3, 0.4) is 0 Å². The number of nitro groups is 1. The minimum atomic E-state index is -4.72. The smallest absolute Gasteiger partial charge is 0.312 e. The Hall–Kier alpha value is -5.85. The molecule has 362 valence electrons. The van der Waals surface area contributed by atoms with E-state index < -0.39 is 42.9 Å². The monoisotopic (exact) mass is 952 g/mol. The minimum absolute atomic E-state index is 0.00168. The molecule has 2 saturated carbocycles. The minimum Gasteiger partial charge on any atom is -0.475 e. The molecule has 2 aliphatic carbocycles. The van der Waals surface area contributed by atoms with Crippen LogP contribution in [0.5, 0.6) is 17.4 Å². The number of fused-ring (bicyclic) bond motifs is 1. The molecule has 1 amide bonds. The summed E-state index contributed by atoms with van der Waals surface area (Å²) in [7, 11) is -4.72. The molecule has 3 aromatic heterocycles. The lowest BCUT2D eigenvalue weighted by Crippen LogP contribution is -2.63. The molecule has 0 bridgehead atoms. The lowest BCUT2D eigenvalue weighted by atomic mass is 9.70. The van der Waals surface area contributed by atoms with Crippen LogP contribution in [0.4, 0.5) is 21.6 Å². The van der Waals surface area contributed by atoms with Gasteiger partial charge in [-0.1, -0.05) is 44.5 Å². The molecule has 5 heterocycles. The van der Waals surface area contributed by atoms with Crippen LogP contribution >= 0.6 is 0 Å². The van der Waals surface area contributed by atoms with Crippen LogP contribution in [-0.2, 0) is 10.0 Å². The quantitative estimate of drug-likeness (QED) is 0.0572. The summed E-state index contributed by atoms with van der Waals surface area (Å²) in [5, 5.41) is 25.6. The van der Waals surface area contributed by atoms with Crippen molar-refractivity contribution in [2.75, 3.05) is 49.5 Å². The maximum Gasteiger partial charge on any atom is 0.312 e. The number of H-pyrrole nitrogens is 1. The van der Waals surface area contributed by atoms with Crippen molar-refractivity contribution < 1.29 is 37.1 Å². The number of nitrogens with one attached hydrogen (secondary N) is 3. The molecule has 0 radical (unpaired) electrons. The molecule has 18 heteroatoms. The highest BCUT2D eigenvalue weighted by molar-refractivity contribution is 7.90. The summed E-state index contributed by atoms with van der Waals surface area (Å²) in [5.74, 6) is -0.609. The SMILES string of the molecule is CCOc1nc2[nH]cc(F)c2cc1Oc1cc(N2CCC3(CC2)CN([C@@H]2CCC[C@@H]2c2ccccc2C(C)C)C3)ccc1C(=O)NS(=O)(=O)c1cnc(NC[C@H]2CC[C@](C)(O)CC2)c([N+](=O)[O-])c1. The highest BCUT2D eigenvalue weighted by Crippen LogP contribution is 2.49. The highest BCUT2D eigenvalue weighted by atomic mass is 32.2. The van der Waals surface area contributed by atoms with E-state index >= 15 is 0 Å². The standard InChI is InChI=1S/C50H61FN8O8S/c1-5-66-48-44(25-39-40(51)28-54-45(39)55-48)67-43-23-33(57-21-19-50(20-22-57)29-58(30-50)41-12-8-11-37(41)36-10-7-6-9-35(36)31(2)3)13-14-38(43)47(60)56-68(64,65)34-24-42(59(62)63)46(53-27-34)52-26-32-15-17-49(4,61)18-16-32/h6-7,9-10,13-14,23-25,27-28,31-32,37,41,61H,5,8,11-12,15-22,26,29-30H2,1-4H3,(H,52,53)(H,54,55)(H,56,60)/t32-,37-,41-,49-/m1/s1. The fourth-order valence-corrected chi connectivity index (χ4v) is 11.9. The number of nitrogens with zero attached hydrogens (tertiary/aromatic N) is 5. The number of sulfonamides is 1. The van der Waals surface area contributed by atoms with Crippen molar-refractivity contribution in [1.29, 1.82) is 0 Å². The largest absolute Gasteiger partial charge is 0.475 e. The highest BCUT2D eigenvalue weighted by Gasteiger charge is 2.49. The van der Waals surface area contributed by atoms with Gasteiger partial charge in [0.1, 0.15) is 22.1 Å². The van der Waals surface area contributed by atoms with Gasteiger partial charge in [-0.15, -0.1) is 0 Å². The van der Waals surface area contributed by atoms with Crippen molar-refractivity contribution in [3.63, 3.8) is 0 Å². The second-order valence-corrected chi connectivity index (χ2v) is 21.6. The van der Waals surface area contributed by atoms with E-state index in [2.05, 4.69) is 72.9 Å². The number of piperidine rings is 1. The van der Waals surface area contributed by atoms with Gasteiger partial charge in [0.15, 0.2) is 5.75 Å². The number of carbonyl (C=O) groups is 1. The first-order valence-corrected chi connectivity index (χ1v) is 25.4. The number of amides is 1. The van der Waals surface area contributed by atoms with E-state index in [-0.39, 0.29) is 57.7 Å². The number of carbonyl (C=O) groups excluding carboxylic acids is 1. The maximum atomic E-state index is 14.9. The summed E-state index contributed by atoms with van der Waals surface area (Å²) in [6.07, 6.45) is 10.3. The second kappa shape index (κ2) is 18.9. The molecule has 4 N–H and O–H groups in total. The van der Waals surface area contributed by atoms with Crippen LogP contribution in [0.1, 0.15) is 119 Å². The number of aliphatic hydroxyl groups is 1. The predicted molar refractivity (Wildman–Crippen MR) is 257 cm³/mol. The van der Waals surface area contributed by atoms with E-state index in [0.29, 0.717) is 50.1 Å². The summed E-state index contributed by atoms with van der Waals surface area (Å²) in [6.45, 7) is 12.3. The zero-order valence-electron chi connectivity index (χ0n) is 39.1. The number of hydrogen-bond donors (Lipinski definition) is 4. The Morgan fingerprint density at radius 3 is 2.51 bits per heavy atom. The van der Waals surface area contributed by atoms with Crippen molar-refractivity contribution in [2.24, 2.45) is 11.3 Å². The first-order valence-electron chi connectivity index (χ1n) is 23.9. The van der Waals surface area contributed by atoms with Crippen LogP contribution in [0.2, 0.25) is 0 Å². The van der Waals surface area contributed by atoms with Crippen molar-refractivity contribution in [3.05, 3.63) is 99.6 Å². The predicted octanol–water partition coefficient (Wildman–Crippen LogP) is 9.03. The van der Waals surface area contributed by atoms with Gasteiger partial charge in [0.25, 0.3) is 21.8 Å². The van der Waals surface area contributed by atoms with Crippen molar-refractivity contribution in [3.8, 4) is 17.4 Å². The second-order valence-electron chi connectivity index (χ2n) is 19.9. The Kier molecular flexibility index (Phi) is 13.1. The van der Waals surface area contributed by atoms with E-state index in [9.17, 15) is 32.8 Å². The Labute approximate surface area is 396 Å². The van der Waals surface area contributed by atoms with Crippen LogP contribution in [0.15, 0.2) is 71.9 Å². The number of benzene rings is 2. The fourth-order valence-electron chi connectivity index (χ4n) is 10.9. The molecule has 0 unspecified atom stereocenters. The van der Waals surface area contributed by atoms with Gasteiger partial charge in [0.2, 0.25) is 5.82 Å². The van der Waals surface area contributed by atoms with E-state index in [0.717, 1.165) is 63.2 Å². The molecule has 5 aromatic rings. The average molecular weight is 953 g/mol. The molecule has 1 spiro atoms. The van der Waals surface area contributed by atoms with E-state index in [4.69, 9.17) is 9.47 Å². The summed E-state index contributed by atoms with van der Waals surface area (Å²) in [6, 6.07) is 16.6. The van der Waals surface area contributed by atoms with Gasteiger partial charge in [-0.3, -0.25) is 19.8 Å². The summed E-state index contributed by atoms with van der Waals surface area (Å²) < 4.78 is 56.7. The van der Waals surface area contributed by atoms with Gasteiger partial charge in [-0.2, -0.15) is 4.98 Å². The van der Waals surface area contributed by atoms with Crippen LogP contribution in [0.25, 0.3) is 11.0 Å². The Morgan fingerprint density at radius 1 is 1.04 bits per heavy atom. The molecule has 16 nitrogen and oxygen atoms in total. The maximum absolute atomic E-state index is 14.9. The van der Waals surface area contributed by atoms with Gasteiger partial charge in [0, 0.05) is 68.8 Å². The third kappa shape index (κ3) is 9.72.